The number of nitrogens with one attached hydrogen (secondary N) is 1. The predicted octanol–water partition coefficient (Wildman–Crippen LogP) is 5.08. The first-order chi connectivity index (χ1) is 12.5. The summed E-state index contributed by atoms with van der Waals surface area (Å²) in [5.74, 6) is 0.130. The Hall–Kier alpha value is -0.980. The third-order valence-corrected chi connectivity index (χ3v) is 5.88. The number of rotatable bonds is 5. The van der Waals surface area contributed by atoms with E-state index in [9.17, 15) is 4.79 Å². The van der Waals surface area contributed by atoms with Crippen LogP contribution in [0.25, 0.3) is 0 Å². The first-order valence-electron chi connectivity index (χ1n) is 8.27. The molecule has 0 radical (unpaired) electrons. The van der Waals surface area contributed by atoms with Gasteiger partial charge >= 0.3 is 0 Å². The second-order valence-electron chi connectivity index (χ2n) is 6.11. The number of amides is 1. The molecule has 1 amide bonds. The van der Waals surface area contributed by atoms with E-state index >= 15 is 0 Å². The molecule has 1 aromatic carbocycles. The fraction of sp³-hybridized carbons (Fsp3) is 0.333. The van der Waals surface area contributed by atoms with Gasteiger partial charge in [0.05, 0.1) is 0 Å². The molecule has 2 heterocycles. The lowest BCUT2D eigenvalue weighted by atomic mass is 9.97. The van der Waals surface area contributed by atoms with E-state index in [1.807, 2.05) is 18.2 Å². The van der Waals surface area contributed by atoms with Gasteiger partial charge in [-0.3, -0.25) is 4.79 Å². The lowest BCUT2D eigenvalue weighted by molar-refractivity contribution is -0.126. The summed E-state index contributed by atoms with van der Waals surface area (Å²) in [5, 5.41) is 4.70. The first kappa shape index (κ1) is 19.8. The quantitative estimate of drug-likeness (QED) is 0.531. The summed E-state index contributed by atoms with van der Waals surface area (Å²) >= 11 is 19.5. The Morgan fingerprint density at radius 3 is 2.46 bits per heavy atom. The minimum atomic E-state index is 0.0371. The topological polar surface area (TPSA) is 45.2 Å². The lowest BCUT2D eigenvalue weighted by Crippen LogP contribution is -2.37. The van der Waals surface area contributed by atoms with Crippen molar-refractivity contribution in [2.75, 3.05) is 13.1 Å². The van der Waals surface area contributed by atoms with E-state index in [0.29, 0.717) is 21.7 Å². The Kier molecular flexibility index (Phi) is 7.06. The van der Waals surface area contributed by atoms with Crippen molar-refractivity contribution in [2.24, 2.45) is 5.92 Å². The summed E-state index contributed by atoms with van der Waals surface area (Å²) in [6.45, 7) is 2.16. The summed E-state index contributed by atoms with van der Waals surface area (Å²) in [7, 11) is 0. The standard InChI is InChI=1S/C18H18Cl3N3OS/c19-14-7-15(20)9-16(8-14)26-24-5-3-13(4-6-24)18(25)23-11-12-1-2-17(21)22-10-12/h1-2,7-10,13H,3-6,11H2,(H,23,25). The Morgan fingerprint density at radius 1 is 1.15 bits per heavy atom. The van der Waals surface area contributed by atoms with Gasteiger partial charge in [-0.15, -0.1) is 0 Å². The van der Waals surface area contributed by atoms with Crippen LogP contribution in [-0.2, 0) is 11.3 Å². The number of nitrogens with zero attached hydrogens (tertiary/aromatic N) is 2. The molecule has 1 saturated heterocycles. The van der Waals surface area contributed by atoms with Crippen LogP contribution in [0.5, 0.6) is 0 Å². The van der Waals surface area contributed by atoms with Gasteiger partial charge in [-0.2, -0.15) is 0 Å². The summed E-state index contributed by atoms with van der Waals surface area (Å²) in [6, 6.07) is 9.11. The van der Waals surface area contributed by atoms with Gasteiger partial charge in [-0.25, -0.2) is 9.29 Å². The first-order valence-corrected chi connectivity index (χ1v) is 10.2. The van der Waals surface area contributed by atoms with E-state index < -0.39 is 0 Å². The SMILES string of the molecule is O=C(NCc1ccc(Cl)nc1)C1CCN(Sc2cc(Cl)cc(Cl)c2)CC1. The molecule has 0 aliphatic carbocycles. The largest absolute Gasteiger partial charge is 0.352 e. The zero-order valence-electron chi connectivity index (χ0n) is 13.9. The molecule has 1 aromatic heterocycles. The fourth-order valence-electron chi connectivity index (χ4n) is 2.78. The van der Waals surface area contributed by atoms with Crippen LogP contribution in [0.3, 0.4) is 0 Å². The van der Waals surface area contributed by atoms with Crippen LogP contribution in [0.1, 0.15) is 18.4 Å². The minimum Gasteiger partial charge on any atom is -0.352 e. The number of halogens is 3. The Morgan fingerprint density at radius 2 is 1.85 bits per heavy atom. The van der Waals surface area contributed by atoms with Crippen molar-refractivity contribution < 1.29 is 4.79 Å². The number of hydrogen-bond acceptors (Lipinski definition) is 4. The van der Waals surface area contributed by atoms with E-state index in [1.54, 1.807) is 30.3 Å². The lowest BCUT2D eigenvalue weighted by Gasteiger charge is -2.30. The van der Waals surface area contributed by atoms with Gasteiger partial charge in [-0.05, 0) is 54.6 Å². The molecular weight excluding hydrogens is 413 g/mol. The molecule has 1 fully saturated rings. The molecule has 4 nitrogen and oxygen atoms in total. The van der Waals surface area contributed by atoms with Crippen LogP contribution >= 0.6 is 46.8 Å². The molecule has 0 unspecified atom stereocenters. The van der Waals surface area contributed by atoms with E-state index in [0.717, 1.165) is 36.4 Å². The number of carbonyl (C=O) groups excluding carboxylic acids is 1. The monoisotopic (exact) mass is 429 g/mol. The van der Waals surface area contributed by atoms with E-state index in [2.05, 4.69) is 14.6 Å². The molecule has 0 bridgehead atoms. The van der Waals surface area contributed by atoms with Crippen molar-refractivity contribution in [3.63, 3.8) is 0 Å². The zero-order valence-corrected chi connectivity index (χ0v) is 17.0. The molecule has 1 aliphatic heterocycles. The maximum Gasteiger partial charge on any atom is 0.223 e. The average Bonchev–Trinajstić information content (AvgIpc) is 2.61. The highest BCUT2D eigenvalue weighted by Gasteiger charge is 2.25. The molecule has 2 aromatic rings. The fourth-order valence-corrected chi connectivity index (χ4v) is 4.60. The van der Waals surface area contributed by atoms with E-state index in [-0.39, 0.29) is 11.8 Å². The molecular formula is C18H18Cl3N3OS. The summed E-state index contributed by atoms with van der Waals surface area (Å²) in [5.41, 5.74) is 0.938. The molecule has 1 N–H and O–H groups in total. The zero-order chi connectivity index (χ0) is 18.5. The van der Waals surface area contributed by atoms with Crippen molar-refractivity contribution in [3.8, 4) is 0 Å². The van der Waals surface area contributed by atoms with Gasteiger partial charge in [0.15, 0.2) is 0 Å². The maximum absolute atomic E-state index is 12.4. The van der Waals surface area contributed by atoms with Crippen LogP contribution in [0, 0.1) is 5.92 Å². The number of hydrogen-bond donors (Lipinski definition) is 1. The van der Waals surface area contributed by atoms with Crippen molar-refractivity contribution in [3.05, 3.63) is 57.3 Å². The van der Waals surface area contributed by atoms with Gasteiger partial charge in [-0.1, -0.05) is 40.9 Å². The number of carbonyl (C=O) groups is 1. The van der Waals surface area contributed by atoms with Gasteiger partial charge in [0.25, 0.3) is 0 Å². The van der Waals surface area contributed by atoms with Crippen molar-refractivity contribution in [2.45, 2.75) is 24.3 Å². The van der Waals surface area contributed by atoms with E-state index in [4.69, 9.17) is 34.8 Å². The molecule has 26 heavy (non-hydrogen) atoms. The number of pyridine rings is 1. The van der Waals surface area contributed by atoms with Crippen LogP contribution in [-0.4, -0.2) is 28.3 Å². The number of benzene rings is 1. The van der Waals surface area contributed by atoms with Crippen LogP contribution in [0.15, 0.2) is 41.4 Å². The molecule has 0 atom stereocenters. The average molecular weight is 431 g/mol. The Balaban J connectivity index is 1.45. The molecule has 8 heteroatoms. The molecule has 3 rings (SSSR count). The number of aromatic nitrogens is 1. The van der Waals surface area contributed by atoms with E-state index in [1.165, 1.54) is 0 Å². The smallest absolute Gasteiger partial charge is 0.223 e. The normalized spacial score (nSPS) is 15.8. The van der Waals surface area contributed by atoms with Gasteiger partial charge in [0.1, 0.15) is 5.15 Å². The Bertz CT molecular complexity index is 745. The summed E-state index contributed by atoms with van der Waals surface area (Å²) < 4.78 is 2.24. The number of piperidine rings is 1. The Labute approximate surface area is 172 Å². The van der Waals surface area contributed by atoms with Crippen molar-refractivity contribution in [1.82, 2.24) is 14.6 Å². The van der Waals surface area contributed by atoms with Crippen LogP contribution < -0.4 is 5.32 Å². The van der Waals surface area contributed by atoms with Crippen molar-refractivity contribution in [1.29, 1.82) is 0 Å². The van der Waals surface area contributed by atoms with Gasteiger partial charge < -0.3 is 5.32 Å². The molecule has 0 saturated carbocycles. The van der Waals surface area contributed by atoms with Gasteiger partial charge in [0.2, 0.25) is 5.91 Å². The second kappa shape index (κ2) is 9.29. The highest BCUT2D eigenvalue weighted by Crippen LogP contribution is 2.32. The molecule has 138 valence electrons. The maximum atomic E-state index is 12.4. The van der Waals surface area contributed by atoms with Crippen molar-refractivity contribution >= 4 is 52.7 Å². The highest BCUT2D eigenvalue weighted by atomic mass is 35.5. The molecule has 0 spiro atoms. The third-order valence-electron chi connectivity index (χ3n) is 4.15. The second-order valence-corrected chi connectivity index (χ2v) is 8.54. The molecule has 1 aliphatic rings. The third kappa shape index (κ3) is 5.76. The van der Waals surface area contributed by atoms with Crippen LogP contribution in [0.2, 0.25) is 15.2 Å². The predicted molar refractivity (Wildman–Crippen MR) is 108 cm³/mol. The van der Waals surface area contributed by atoms with Crippen LogP contribution in [0.4, 0.5) is 0 Å². The van der Waals surface area contributed by atoms with Gasteiger partial charge in [0, 0.05) is 46.7 Å². The minimum absolute atomic E-state index is 0.0371. The summed E-state index contributed by atoms with van der Waals surface area (Å²) in [4.78, 5) is 17.4. The summed E-state index contributed by atoms with van der Waals surface area (Å²) in [6.07, 6.45) is 3.33. The highest BCUT2D eigenvalue weighted by molar-refractivity contribution is 7.97.